The second kappa shape index (κ2) is 12.6. The van der Waals surface area contributed by atoms with E-state index in [4.69, 9.17) is 9.47 Å². The Bertz CT molecular complexity index is 555. The van der Waals surface area contributed by atoms with Crippen molar-refractivity contribution in [2.75, 3.05) is 40.5 Å². The predicted octanol–water partition coefficient (Wildman–Crippen LogP) is 3.72. The van der Waals surface area contributed by atoms with Crippen LogP contribution in [0.15, 0.2) is 29.3 Å². The molecule has 1 saturated heterocycles. The van der Waals surface area contributed by atoms with Crippen molar-refractivity contribution in [1.82, 2.24) is 10.6 Å². The number of guanidine groups is 1. The van der Waals surface area contributed by atoms with E-state index in [1.165, 1.54) is 11.1 Å². The fourth-order valence-corrected chi connectivity index (χ4v) is 3.23. The predicted molar refractivity (Wildman–Crippen MR) is 123 cm³/mol. The molecule has 6 heteroatoms. The molecule has 1 fully saturated rings. The summed E-state index contributed by atoms with van der Waals surface area (Å²) in [7, 11) is 3.59. The van der Waals surface area contributed by atoms with E-state index < -0.39 is 0 Å². The number of halogens is 1. The monoisotopic (exact) mass is 489 g/mol. The lowest BCUT2D eigenvalue weighted by Gasteiger charge is -2.36. The van der Waals surface area contributed by atoms with Crippen molar-refractivity contribution in [3.8, 4) is 0 Å². The first kappa shape index (κ1) is 24.2. The van der Waals surface area contributed by atoms with Gasteiger partial charge < -0.3 is 20.1 Å². The molecule has 1 aromatic rings. The Kier molecular flexibility index (Phi) is 11.3. The molecule has 0 spiro atoms. The van der Waals surface area contributed by atoms with Gasteiger partial charge in [-0.05, 0) is 29.9 Å². The van der Waals surface area contributed by atoms with E-state index in [0.29, 0.717) is 5.92 Å². The molecule has 1 aliphatic rings. The molecule has 0 aromatic heterocycles. The molecule has 0 aliphatic carbocycles. The van der Waals surface area contributed by atoms with Crippen LogP contribution in [0.5, 0.6) is 0 Å². The summed E-state index contributed by atoms with van der Waals surface area (Å²) < 4.78 is 11.2. The van der Waals surface area contributed by atoms with E-state index >= 15 is 0 Å². The average Bonchev–Trinajstić information content (AvgIpc) is 2.68. The van der Waals surface area contributed by atoms with Crippen molar-refractivity contribution < 1.29 is 9.47 Å². The number of ether oxygens (including phenoxy) is 2. The first-order valence-electron chi connectivity index (χ1n) is 9.75. The number of hydrogen-bond acceptors (Lipinski definition) is 3. The Morgan fingerprint density at radius 3 is 2.41 bits per heavy atom. The molecule has 0 unspecified atom stereocenters. The molecule has 27 heavy (non-hydrogen) atoms. The molecule has 0 radical (unpaired) electrons. The second-order valence-electron chi connectivity index (χ2n) is 7.35. The lowest BCUT2D eigenvalue weighted by molar-refractivity contribution is -0.0855. The number of aryl methyl sites for hydroxylation is 1. The van der Waals surface area contributed by atoms with Gasteiger partial charge in [-0.3, -0.25) is 4.99 Å². The molecular weight excluding hydrogens is 453 g/mol. The molecule has 0 bridgehead atoms. The van der Waals surface area contributed by atoms with Gasteiger partial charge in [0.05, 0.1) is 5.60 Å². The van der Waals surface area contributed by atoms with Gasteiger partial charge in [-0.2, -0.15) is 0 Å². The van der Waals surface area contributed by atoms with Crippen molar-refractivity contribution >= 4 is 29.9 Å². The molecular formula is C21H36IN3O2. The van der Waals surface area contributed by atoms with Crippen LogP contribution in [-0.2, 0) is 15.9 Å². The molecule has 2 N–H and O–H groups in total. The topological polar surface area (TPSA) is 54.9 Å². The van der Waals surface area contributed by atoms with Gasteiger partial charge in [0, 0.05) is 53.3 Å². The molecule has 1 aromatic carbocycles. The van der Waals surface area contributed by atoms with Crippen LogP contribution in [0.25, 0.3) is 0 Å². The number of rotatable bonds is 8. The van der Waals surface area contributed by atoms with Gasteiger partial charge in [0.1, 0.15) is 0 Å². The van der Waals surface area contributed by atoms with Gasteiger partial charge in [0.15, 0.2) is 5.96 Å². The highest BCUT2D eigenvalue weighted by Crippen LogP contribution is 2.23. The van der Waals surface area contributed by atoms with Crippen LogP contribution < -0.4 is 10.6 Å². The SMILES string of the molecule is CN=C(NCCCc1ccc(C(C)C)cc1)NCC1(OC)CCOCC1.I. The summed E-state index contributed by atoms with van der Waals surface area (Å²) in [5, 5.41) is 6.81. The first-order valence-corrected chi connectivity index (χ1v) is 9.75. The quantitative estimate of drug-likeness (QED) is 0.253. The van der Waals surface area contributed by atoms with E-state index in [1.807, 2.05) is 7.05 Å². The Morgan fingerprint density at radius 2 is 1.85 bits per heavy atom. The van der Waals surface area contributed by atoms with Gasteiger partial charge in [0.2, 0.25) is 0 Å². The van der Waals surface area contributed by atoms with Gasteiger partial charge in [-0.15, -0.1) is 24.0 Å². The molecule has 0 atom stereocenters. The minimum absolute atomic E-state index is 0. The van der Waals surface area contributed by atoms with E-state index in [2.05, 4.69) is 53.7 Å². The summed E-state index contributed by atoms with van der Waals surface area (Å²) in [4.78, 5) is 4.32. The highest BCUT2D eigenvalue weighted by molar-refractivity contribution is 14.0. The third-order valence-electron chi connectivity index (χ3n) is 5.22. The second-order valence-corrected chi connectivity index (χ2v) is 7.35. The van der Waals surface area contributed by atoms with E-state index in [0.717, 1.165) is 57.9 Å². The van der Waals surface area contributed by atoms with Crippen LogP contribution in [0, 0.1) is 0 Å². The van der Waals surface area contributed by atoms with Crippen LogP contribution >= 0.6 is 24.0 Å². The number of aliphatic imine (C=N–C) groups is 1. The largest absolute Gasteiger partial charge is 0.381 e. The van der Waals surface area contributed by atoms with Crippen molar-refractivity contribution in [3.63, 3.8) is 0 Å². The molecule has 2 rings (SSSR count). The standard InChI is InChI=1S/C21H35N3O2.HI/c1-17(2)19-9-7-18(8-10-19)6-5-13-23-20(22-3)24-16-21(25-4)11-14-26-15-12-21;/h7-10,17H,5-6,11-16H2,1-4H3,(H2,22,23,24);1H. The molecule has 0 saturated carbocycles. The molecule has 1 heterocycles. The fourth-order valence-electron chi connectivity index (χ4n) is 3.23. The number of benzene rings is 1. The Morgan fingerprint density at radius 1 is 1.19 bits per heavy atom. The van der Waals surface area contributed by atoms with Crippen LogP contribution in [0.4, 0.5) is 0 Å². The first-order chi connectivity index (χ1) is 12.6. The number of hydrogen-bond donors (Lipinski definition) is 2. The van der Waals surface area contributed by atoms with Gasteiger partial charge in [0.25, 0.3) is 0 Å². The molecule has 1 aliphatic heterocycles. The van der Waals surface area contributed by atoms with Crippen LogP contribution in [-0.4, -0.2) is 52.0 Å². The van der Waals surface area contributed by atoms with Gasteiger partial charge >= 0.3 is 0 Å². The number of nitrogens with zero attached hydrogens (tertiary/aromatic N) is 1. The zero-order chi connectivity index (χ0) is 18.8. The highest BCUT2D eigenvalue weighted by Gasteiger charge is 2.32. The highest BCUT2D eigenvalue weighted by atomic mass is 127. The summed E-state index contributed by atoms with van der Waals surface area (Å²) in [5.74, 6) is 1.43. The van der Waals surface area contributed by atoms with Gasteiger partial charge in [-0.25, -0.2) is 0 Å². The molecule has 5 nitrogen and oxygen atoms in total. The minimum Gasteiger partial charge on any atom is -0.381 e. The normalized spacial score (nSPS) is 16.7. The van der Waals surface area contributed by atoms with Crippen molar-refractivity contribution in [2.24, 2.45) is 4.99 Å². The van der Waals surface area contributed by atoms with Crippen LogP contribution in [0.1, 0.15) is 50.2 Å². The Hall–Kier alpha value is -0.860. The Labute approximate surface area is 181 Å². The fraction of sp³-hybridized carbons (Fsp3) is 0.667. The zero-order valence-electron chi connectivity index (χ0n) is 17.2. The zero-order valence-corrected chi connectivity index (χ0v) is 19.5. The summed E-state index contributed by atoms with van der Waals surface area (Å²) in [6.45, 7) is 7.63. The number of methoxy groups -OCH3 is 1. The smallest absolute Gasteiger partial charge is 0.191 e. The molecule has 154 valence electrons. The van der Waals surface area contributed by atoms with Crippen molar-refractivity contribution in [3.05, 3.63) is 35.4 Å². The summed E-state index contributed by atoms with van der Waals surface area (Å²) >= 11 is 0. The summed E-state index contributed by atoms with van der Waals surface area (Å²) in [6.07, 6.45) is 3.98. The average molecular weight is 489 g/mol. The maximum absolute atomic E-state index is 5.76. The summed E-state index contributed by atoms with van der Waals surface area (Å²) in [5.41, 5.74) is 2.64. The Balaban J connectivity index is 0.00000364. The van der Waals surface area contributed by atoms with Crippen LogP contribution in [0.3, 0.4) is 0 Å². The maximum Gasteiger partial charge on any atom is 0.191 e. The number of nitrogens with one attached hydrogen (secondary N) is 2. The maximum atomic E-state index is 5.76. The minimum atomic E-state index is -0.145. The lowest BCUT2D eigenvalue weighted by Crippen LogP contribution is -2.50. The summed E-state index contributed by atoms with van der Waals surface area (Å²) in [6, 6.07) is 8.98. The van der Waals surface area contributed by atoms with E-state index in [1.54, 1.807) is 7.11 Å². The third-order valence-corrected chi connectivity index (χ3v) is 5.22. The molecule has 0 amide bonds. The van der Waals surface area contributed by atoms with E-state index in [9.17, 15) is 0 Å². The van der Waals surface area contributed by atoms with E-state index in [-0.39, 0.29) is 29.6 Å². The van der Waals surface area contributed by atoms with Crippen molar-refractivity contribution in [1.29, 1.82) is 0 Å². The third kappa shape index (κ3) is 7.95. The lowest BCUT2D eigenvalue weighted by atomic mass is 9.94. The van der Waals surface area contributed by atoms with Gasteiger partial charge in [-0.1, -0.05) is 38.1 Å². The van der Waals surface area contributed by atoms with Crippen LogP contribution in [0.2, 0.25) is 0 Å². The van der Waals surface area contributed by atoms with Crippen molar-refractivity contribution in [2.45, 2.75) is 51.0 Å².